The fourth-order valence-electron chi connectivity index (χ4n) is 1.47. The van der Waals surface area contributed by atoms with Gasteiger partial charge in [-0.2, -0.15) is 0 Å². The van der Waals surface area contributed by atoms with Crippen LogP contribution in [0, 0.1) is 6.92 Å². The zero-order chi connectivity index (χ0) is 12.7. The molecule has 0 amide bonds. The second kappa shape index (κ2) is 9.02. The Balaban J connectivity index is 0.00000289. The first-order valence-electron chi connectivity index (χ1n) is 5.78. The Hall–Kier alpha value is -0.980. The van der Waals surface area contributed by atoms with Crippen molar-refractivity contribution in [2.24, 2.45) is 4.99 Å². The van der Waals surface area contributed by atoms with Crippen LogP contribution in [-0.4, -0.2) is 32.7 Å². The number of ether oxygens (including phenoxy) is 1. The molecule has 0 aromatic heterocycles. The first-order chi connectivity index (χ1) is 8.17. The topological polar surface area (TPSA) is 45.7 Å². The van der Waals surface area contributed by atoms with Gasteiger partial charge in [0, 0.05) is 14.1 Å². The zero-order valence-electron chi connectivity index (χ0n) is 11.4. The van der Waals surface area contributed by atoms with Crippen LogP contribution in [-0.2, 0) is 0 Å². The van der Waals surface area contributed by atoms with E-state index in [1.54, 1.807) is 7.05 Å². The molecule has 0 saturated heterocycles. The number of nitrogens with one attached hydrogen (secondary N) is 2. The van der Waals surface area contributed by atoms with Crippen molar-refractivity contribution in [3.63, 3.8) is 0 Å². The summed E-state index contributed by atoms with van der Waals surface area (Å²) in [4.78, 5) is 4.04. The second-order valence-corrected chi connectivity index (χ2v) is 3.90. The molecule has 1 aromatic rings. The number of hydrogen-bond acceptors (Lipinski definition) is 2. The van der Waals surface area contributed by atoms with Gasteiger partial charge >= 0.3 is 0 Å². The molecule has 2 N–H and O–H groups in total. The molecular weight excluding hydrogens is 341 g/mol. The van der Waals surface area contributed by atoms with Crippen molar-refractivity contribution < 1.29 is 4.74 Å². The maximum absolute atomic E-state index is 5.84. The van der Waals surface area contributed by atoms with Gasteiger partial charge in [-0.05, 0) is 25.5 Å². The average molecular weight is 363 g/mol. The molecule has 18 heavy (non-hydrogen) atoms. The van der Waals surface area contributed by atoms with Crippen LogP contribution in [0.2, 0.25) is 0 Å². The molecule has 1 atom stereocenters. The van der Waals surface area contributed by atoms with Gasteiger partial charge in [0.2, 0.25) is 0 Å². The predicted molar refractivity (Wildman–Crippen MR) is 87.1 cm³/mol. The van der Waals surface area contributed by atoms with Crippen molar-refractivity contribution in [1.29, 1.82) is 0 Å². The van der Waals surface area contributed by atoms with Gasteiger partial charge in [0.1, 0.15) is 11.9 Å². The smallest absolute Gasteiger partial charge is 0.190 e. The molecule has 0 aliphatic rings. The Bertz CT molecular complexity index is 382. The average Bonchev–Trinajstić information content (AvgIpc) is 2.33. The maximum atomic E-state index is 5.84. The molecule has 0 saturated carbocycles. The Labute approximate surface area is 126 Å². The minimum atomic E-state index is 0. The largest absolute Gasteiger partial charge is 0.489 e. The van der Waals surface area contributed by atoms with Crippen molar-refractivity contribution in [1.82, 2.24) is 10.6 Å². The summed E-state index contributed by atoms with van der Waals surface area (Å²) < 4.78 is 5.84. The third-order valence-electron chi connectivity index (χ3n) is 2.44. The van der Waals surface area contributed by atoms with Gasteiger partial charge < -0.3 is 15.4 Å². The lowest BCUT2D eigenvalue weighted by Crippen LogP contribution is -2.40. The highest BCUT2D eigenvalue weighted by atomic mass is 127. The van der Waals surface area contributed by atoms with Crippen LogP contribution in [0.4, 0.5) is 0 Å². The summed E-state index contributed by atoms with van der Waals surface area (Å²) in [5, 5.41) is 6.14. The number of benzene rings is 1. The first-order valence-corrected chi connectivity index (χ1v) is 5.78. The summed E-state index contributed by atoms with van der Waals surface area (Å²) in [7, 11) is 3.58. The molecule has 0 bridgehead atoms. The third kappa shape index (κ3) is 5.57. The number of para-hydroxylation sites is 1. The van der Waals surface area contributed by atoms with Crippen LogP contribution >= 0.6 is 24.0 Å². The summed E-state index contributed by atoms with van der Waals surface area (Å²) in [5.74, 6) is 1.70. The van der Waals surface area contributed by atoms with E-state index in [2.05, 4.69) is 15.6 Å². The quantitative estimate of drug-likeness (QED) is 0.490. The van der Waals surface area contributed by atoms with Crippen molar-refractivity contribution in [2.75, 3.05) is 20.6 Å². The predicted octanol–water partition coefficient (Wildman–Crippen LogP) is 2.18. The third-order valence-corrected chi connectivity index (χ3v) is 2.44. The molecule has 0 fully saturated rings. The Morgan fingerprint density at radius 2 is 2.06 bits per heavy atom. The molecule has 1 rings (SSSR count). The van der Waals surface area contributed by atoms with E-state index in [1.165, 1.54) is 0 Å². The van der Waals surface area contributed by atoms with Gasteiger partial charge in [-0.1, -0.05) is 18.2 Å². The number of guanidine groups is 1. The highest BCUT2D eigenvalue weighted by Crippen LogP contribution is 2.17. The van der Waals surface area contributed by atoms with Crippen molar-refractivity contribution >= 4 is 29.9 Å². The minimum absolute atomic E-state index is 0. The lowest BCUT2D eigenvalue weighted by atomic mass is 10.2. The number of aryl methyl sites for hydroxylation is 1. The van der Waals surface area contributed by atoms with Gasteiger partial charge in [-0.25, -0.2) is 0 Å². The molecule has 1 aromatic carbocycles. The lowest BCUT2D eigenvalue weighted by molar-refractivity contribution is 0.222. The van der Waals surface area contributed by atoms with Gasteiger partial charge in [0.15, 0.2) is 5.96 Å². The molecule has 0 aliphatic heterocycles. The Kier molecular flexibility index (Phi) is 8.53. The zero-order valence-corrected chi connectivity index (χ0v) is 13.7. The van der Waals surface area contributed by atoms with Gasteiger partial charge in [0.25, 0.3) is 0 Å². The van der Waals surface area contributed by atoms with Crippen LogP contribution in [0.3, 0.4) is 0 Å². The normalized spacial score (nSPS) is 12.3. The summed E-state index contributed by atoms with van der Waals surface area (Å²) in [6, 6.07) is 8.02. The van der Waals surface area contributed by atoms with E-state index in [-0.39, 0.29) is 30.1 Å². The number of aliphatic imine (C=N–C) groups is 1. The summed E-state index contributed by atoms with van der Waals surface area (Å²) in [6.45, 7) is 4.78. The molecule has 102 valence electrons. The summed E-state index contributed by atoms with van der Waals surface area (Å²) in [5.41, 5.74) is 1.15. The monoisotopic (exact) mass is 363 g/mol. The highest BCUT2D eigenvalue weighted by Gasteiger charge is 2.06. The van der Waals surface area contributed by atoms with Gasteiger partial charge in [-0.3, -0.25) is 4.99 Å². The molecule has 0 radical (unpaired) electrons. The van der Waals surface area contributed by atoms with E-state index in [4.69, 9.17) is 4.74 Å². The van der Waals surface area contributed by atoms with Crippen molar-refractivity contribution in [2.45, 2.75) is 20.0 Å². The molecule has 0 spiro atoms. The molecule has 1 unspecified atom stereocenters. The van der Waals surface area contributed by atoms with Crippen LogP contribution in [0.1, 0.15) is 12.5 Å². The standard InChI is InChI=1S/C13H21N3O.HI/c1-10-7-5-6-8-12(10)17-11(2)9-16-13(14-3)15-4;/h5-8,11H,9H2,1-4H3,(H2,14,15,16);1H. The lowest BCUT2D eigenvalue weighted by Gasteiger charge is -2.17. The first kappa shape index (κ1) is 17.0. The fraction of sp³-hybridized carbons (Fsp3) is 0.462. The van der Waals surface area contributed by atoms with Gasteiger partial charge in [0.05, 0.1) is 6.54 Å². The van der Waals surface area contributed by atoms with Crippen LogP contribution in [0.5, 0.6) is 5.75 Å². The Morgan fingerprint density at radius 1 is 1.39 bits per heavy atom. The van der Waals surface area contributed by atoms with Crippen LogP contribution in [0.25, 0.3) is 0 Å². The number of halogens is 1. The van der Waals surface area contributed by atoms with Crippen LogP contribution < -0.4 is 15.4 Å². The molecule has 0 heterocycles. The SMILES string of the molecule is CN=C(NC)NCC(C)Oc1ccccc1C.I. The van der Waals surface area contributed by atoms with E-state index in [0.717, 1.165) is 17.3 Å². The van der Waals surface area contributed by atoms with Gasteiger partial charge in [-0.15, -0.1) is 24.0 Å². The minimum Gasteiger partial charge on any atom is -0.489 e. The molecule has 5 heteroatoms. The number of nitrogens with zero attached hydrogens (tertiary/aromatic N) is 1. The number of rotatable bonds is 4. The highest BCUT2D eigenvalue weighted by molar-refractivity contribution is 14.0. The van der Waals surface area contributed by atoms with E-state index >= 15 is 0 Å². The van der Waals surface area contributed by atoms with E-state index in [0.29, 0.717) is 6.54 Å². The molecule has 0 aliphatic carbocycles. The van der Waals surface area contributed by atoms with E-state index < -0.39 is 0 Å². The number of hydrogen-bond donors (Lipinski definition) is 2. The molecule has 4 nitrogen and oxygen atoms in total. The Morgan fingerprint density at radius 3 is 2.61 bits per heavy atom. The van der Waals surface area contributed by atoms with Crippen molar-refractivity contribution in [3.8, 4) is 5.75 Å². The summed E-state index contributed by atoms with van der Waals surface area (Å²) in [6.07, 6.45) is 0.0844. The maximum Gasteiger partial charge on any atom is 0.190 e. The summed E-state index contributed by atoms with van der Waals surface area (Å²) >= 11 is 0. The van der Waals surface area contributed by atoms with E-state index in [1.807, 2.05) is 45.2 Å². The molecular formula is C13H22IN3O. The van der Waals surface area contributed by atoms with E-state index in [9.17, 15) is 0 Å². The fourth-order valence-corrected chi connectivity index (χ4v) is 1.47. The van der Waals surface area contributed by atoms with Crippen LogP contribution in [0.15, 0.2) is 29.3 Å². The second-order valence-electron chi connectivity index (χ2n) is 3.90. The van der Waals surface area contributed by atoms with Crippen molar-refractivity contribution in [3.05, 3.63) is 29.8 Å².